The third-order valence-corrected chi connectivity index (χ3v) is 5.80. The molecule has 0 saturated carbocycles. The molecule has 1 aromatic carbocycles. The molecular formula is C23H19FN6O4. The number of esters is 1. The van der Waals surface area contributed by atoms with E-state index in [2.05, 4.69) is 25.4 Å². The molecule has 0 spiro atoms. The van der Waals surface area contributed by atoms with Crippen LogP contribution in [-0.2, 0) is 26.3 Å². The Labute approximate surface area is 191 Å². The van der Waals surface area contributed by atoms with Crippen molar-refractivity contribution in [1.82, 2.24) is 24.7 Å². The van der Waals surface area contributed by atoms with Crippen LogP contribution in [0.15, 0.2) is 47.4 Å². The Morgan fingerprint density at radius 3 is 2.76 bits per heavy atom. The molecule has 11 heteroatoms. The first-order chi connectivity index (χ1) is 16.3. The Morgan fingerprint density at radius 1 is 1.21 bits per heavy atom. The van der Waals surface area contributed by atoms with Crippen LogP contribution in [0.5, 0.6) is 0 Å². The molecule has 1 unspecified atom stereocenters. The van der Waals surface area contributed by atoms with E-state index in [0.29, 0.717) is 22.3 Å². The first-order valence-electron chi connectivity index (χ1n) is 10.5. The van der Waals surface area contributed by atoms with Crippen LogP contribution in [-0.4, -0.2) is 43.2 Å². The summed E-state index contributed by atoms with van der Waals surface area (Å²) in [6.45, 7) is 3.09. The Morgan fingerprint density at radius 2 is 2.00 bits per heavy atom. The van der Waals surface area contributed by atoms with Crippen LogP contribution in [0, 0.1) is 5.82 Å². The van der Waals surface area contributed by atoms with Crippen LogP contribution < -0.4 is 10.9 Å². The van der Waals surface area contributed by atoms with Gasteiger partial charge in [0.25, 0.3) is 5.56 Å². The van der Waals surface area contributed by atoms with Crippen molar-refractivity contribution in [2.24, 2.45) is 0 Å². The van der Waals surface area contributed by atoms with E-state index >= 15 is 0 Å². The highest BCUT2D eigenvalue weighted by Crippen LogP contribution is 2.36. The Bertz CT molecular complexity index is 1530. The van der Waals surface area contributed by atoms with Crippen LogP contribution in [0.2, 0.25) is 0 Å². The molecule has 2 N–H and O–H groups in total. The third kappa shape index (κ3) is 3.16. The SMILES string of the molecule is CCOC(=O)C1(C)C(=O)Nc2nc(-c3nn(Cc4ccccc4F)c4ncccc34)[nH]c(=O)c21. The van der Waals surface area contributed by atoms with Gasteiger partial charge in [-0.25, -0.2) is 19.0 Å². The number of nitrogens with zero attached hydrogens (tertiary/aromatic N) is 4. The van der Waals surface area contributed by atoms with Gasteiger partial charge in [0.2, 0.25) is 5.91 Å². The molecule has 172 valence electrons. The second kappa shape index (κ2) is 7.87. The number of halogens is 1. The lowest BCUT2D eigenvalue weighted by molar-refractivity contribution is -0.152. The molecule has 1 aliphatic heterocycles. The zero-order valence-corrected chi connectivity index (χ0v) is 18.3. The number of H-pyrrole nitrogens is 1. The number of benzene rings is 1. The van der Waals surface area contributed by atoms with Gasteiger partial charge < -0.3 is 15.0 Å². The number of carbonyl (C=O) groups is 2. The zero-order valence-electron chi connectivity index (χ0n) is 18.3. The normalized spacial score (nSPS) is 17.0. The van der Waals surface area contributed by atoms with Crippen molar-refractivity contribution < 1.29 is 18.7 Å². The summed E-state index contributed by atoms with van der Waals surface area (Å²) in [5.74, 6) is -1.89. The second-order valence-corrected chi connectivity index (χ2v) is 7.91. The average Bonchev–Trinajstić information content (AvgIpc) is 3.31. The fourth-order valence-corrected chi connectivity index (χ4v) is 4.04. The van der Waals surface area contributed by atoms with Gasteiger partial charge in [-0.2, -0.15) is 5.10 Å². The molecule has 0 aliphatic carbocycles. The number of hydrogen-bond acceptors (Lipinski definition) is 7. The maximum atomic E-state index is 14.2. The number of hydrogen-bond donors (Lipinski definition) is 2. The van der Waals surface area contributed by atoms with Gasteiger partial charge in [0.1, 0.15) is 17.3 Å². The summed E-state index contributed by atoms with van der Waals surface area (Å²) in [7, 11) is 0. The van der Waals surface area contributed by atoms with Gasteiger partial charge >= 0.3 is 5.97 Å². The summed E-state index contributed by atoms with van der Waals surface area (Å²) in [4.78, 5) is 49.6. The number of ether oxygens (including phenoxy) is 1. The molecule has 1 atom stereocenters. The van der Waals surface area contributed by atoms with Gasteiger partial charge in [0.15, 0.2) is 16.9 Å². The third-order valence-electron chi connectivity index (χ3n) is 5.80. The van der Waals surface area contributed by atoms with Crippen molar-refractivity contribution in [1.29, 1.82) is 0 Å². The van der Waals surface area contributed by atoms with Gasteiger partial charge in [-0.1, -0.05) is 18.2 Å². The van der Waals surface area contributed by atoms with E-state index in [-0.39, 0.29) is 36.2 Å². The van der Waals surface area contributed by atoms with E-state index in [1.807, 2.05) is 0 Å². The summed E-state index contributed by atoms with van der Waals surface area (Å²) in [5, 5.41) is 7.61. The summed E-state index contributed by atoms with van der Waals surface area (Å²) >= 11 is 0. The molecule has 1 amide bonds. The van der Waals surface area contributed by atoms with Crippen LogP contribution in [0.1, 0.15) is 25.0 Å². The minimum atomic E-state index is -1.82. The van der Waals surface area contributed by atoms with Gasteiger partial charge in [0.05, 0.1) is 24.1 Å². The Kier molecular flexibility index (Phi) is 4.96. The lowest BCUT2D eigenvalue weighted by Crippen LogP contribution is -2.43. The number of aromatic amines is 1. The van der Waals surface area contributed by atoms with Gasteiger partial charge in [0, 0.05) is 11.8 Å². The molecule has 0 bridgehead atoms. The molecule has 4 heterocycles. The van der Waals surface area contributed by atoms with Crippen molar-refractivity contribution in [3.05, 3.63) is 69.9 Å². The van der Waals surface area contributed by atoms with Crippen LogP contribution >= 0.6 is 0 Å². The number of carbonyl (C=O) groups excluding carboxylic acids is 2. The van der Waals surface area contributed by atoms with E-state index < -0.39 is 22.9 Å². The van der Waals surface area contributed by atoms with Gasteiger partial charge in [-0.05, 0) is 32.0 Å². The molecule has 0 fully saturated rings. The number of aromatic nitrogens is 5. The number of pyridine rings is 1. The maximum absolute atomic E-state index is 14.2. The standard InChI is InChI=1S/C23H19FN6O4/c1-3-34-22(33)23(2)15-17(28-21(23)32)26-18(27-20(15)31)16-13-8-6-10-25-19(13)30(29-16)11-12-7-4-5-9-14(12)24/h4-10H,3,11H2,1-2H3,(H2,26,27,28,31,32). The van der Waals surface area contributed by atoms with Crippen LogP contribution in [0.4, 0.5) is 10.2 Å². The summed E-state index contributed by atoms with van der Waals surface area (Å²) in [6, 6.07) is 9.77. The lowest BCUT2D eigenvalue weighted by atomic mass is 9.85. The van der Waals surface area contributed by atoms with Crippen molar-refractivity contribution >= 4 is 28.7 Å². The van der Waals surface area contributed by atoms with Crippen molar-refractivity contribution in [3.8, 4) is 11.5 Å². The summed E-state index contributed by atoms with van der Waals surface area (Å²) < 4.78 is 20.8. The Hall–Kier alpha value is -4.41. The summed E-state index contributed by atoms with van der Waals surface area (Å²) in [6.07, 6.45) is 1.58. The molecule has 0 saturated heterocycles. The number of anilines is 1. The Balaban J connectivity index is 1.64. The topological polar surface area (TPSA) is 132 Å². The zero-order chi connectivity index (χ0) is 24.0. The maximum Gasteiger partial charge on any atom is 0.326 e. The number of fused-ring (bicyclic) bond motifs is 2. The first-order valence-corrected chi connectivity index (χ1v) is 10.5. The van der Waals surface area contributed by atoms with Crippen molar-refractivity contribution in [2.75, 3.05) is 11.9 Å². The first kappa shape index (κ1) is 21.4. The minimum Gasteiger partial charge on any atom is -0.465 e. The quantitative estimate of drug-likeness (QED) is 0.343. The molecule has 34 heavy (non-hydrogen) atoms. The van der Waals surface area contributed by atoms with E-state index in [9.17, 15) is 18.8 Å². The van der Waals surface area contributed by atoms with Crippen LogP contribution in [0.25, 0.3) is 22.6 Å². The molecule has 5 rings (SSSR count). The summed E-state index contributed by atoms with van der Waals surface area (Å²) in [5.41, 5.74) is -1.44. The van der Waals surface area contributed by atoms with Gasteiger partial charge in [-0.15, -0.1) is 0 Å². The highest BCUT2D eigenvalue weighted by Gasteiger charge is 2.53. The molecule has 3 aromatic heterocycles. The fraction of sp³-hybridized carbons (Fsp3) is 0.217. The predicted molar refractivity (Wildman–Crippen MR) is 119 cm³/mol. The molecular weight excluding hydrogens is 443 g/mol. The molecule has 1 aliphatic rings. The van der Waals surface area contributed by atoms with Crippen molar-refractivity contribution in [2.45, 2.75) is 25.8 Å². The number of rotatable bonds is 5. The second-order valence-electron chi connectivity index (χ2n) is 7.91. The van der Waals surface area contributed by atoms with Gasteiger partial charge in [-0.3, -0.25) is 14.4 Å². The number of nitrogens with one attached hydrogen (secondary N) is 2. The lowest BCUT2D eigenvalue weighted by Gasteiger charge is -2.18. The predicted octanol–water partition coefficient (Wildman–Crippen LogP) is 2.14. The molecule has 10 nitrogen and oxygen atoms in total. The largest absolute Gasteiger partial charge is 0.465 e. The fourth-order valence-electron chi connectivity index (χ4n) is 4.04. The smallest absolute Gasteiger partial charge is 0.326 e. The minimum absolute atomic E-state index is 0.0417. The van der Waals surface area contributed by atoms with E-state index in [1.54, 1.807) is 43.5 Å². The highest BCUT2D eigenvalue weighted by molar-refractivity contribution is 6.18. The molecule has 0 radical (unpaired) electrons. The number of amides is 1. The van der Waals surface area contributed by atoms with E-state index in [0.717, 1.165) is 0 Å². The van der Waals surface area contributed by atoms with E-state index in [4.69, 9.17) is 4.74 Å². The highest BCUT2D eigenvalue weighted by atomic mass is 19.1. The van der Waals surface area contributed by atoms with Crippen molar-refractivity contribution in [3.63, 3.8) is 0 Å². The van der Waals surface area contributed by atoms with E-state index in [1.165, 1.54) is 17.7 Å². The monoisotopic (exact) mass is 462 g/mol. The van der Waals surface area contributed by atoms with Crippen LogP contribution in [0.3, 0.4) is 0 Å². The average molecular weight is 462 g/mol. The molecule has 4 aromatic rings.